The molecule has 6 aliphatic heterocycles. The summed E-state index contributed by atoms with van der Waals surface area (Å²) in [5.41, 5.74) is 11.3. The van der Waals surface area contributed by atoms with Crippen LogP contribution in [-0.2, 0) is 86.9 Å². The zero-order valence-corrected chi connectivity index (χ0v) is 50.4. The van der Waals surface area contributed by atoms with Crippen molar-refractivity contribution in [3.05, 3.63) is 91.0 Å². The summed E-state index contributed by atoms with van der Waals surface area (Å²) in [5.74, 6) is 0.493. The number of imidazole rings is 1. The maximum absolute atomic E-state index is 13.9. The molecule has 6 atom stereocenters. The summed E-state index contributed by atoms with van der Waals surface area (Å²) < 4.78 is 137. The predicted molar refractivity (Wildman–Crippen MR) is 304 cm³/mol. The van der Waals surface area contributed by atoms with Gasteiger partial charge in [-0.25, -0.2) is 41.2 Å². The Balaban J connectivity index is 0.702. The van der Waals surface area contributed by atoms with Gasteiger partial charge in [0.1, 0.15) is 41.7 Å². The number of anilines is 2. The predicted octanol–water partition coefficient (Wildman–Crippen LogP) is 0.735. The van der Waals surface area contributed by atoms with E-state index in [4.69, 9.17) is 29.7 Å². The van der Waals surface area contributed by atoms with Crippen molar-refractivity contribution in [3.8, 4) is 11.5 Å². The third-order valence-electron chi connectivity index (χ3n) is 15.7. The van der Waals surface area contributed by atoms with Crippen LogP contribution in [0.1, 0.15) is 91.0 Å². The van der Waals surface area contributed by atoms with E-state index in [1.165, 1.54) is 12.1 Å². The molecule has 87 heavy (non-hydrogen) atoms. The molecule has 470 valence electrons. The highest BCUT2D eigenvalue weighted by molar-refractivity contribution is 7.89. The van der Waals surface area contributed by atoms with Crippen molar-refractivity contribution < 1.29 is 96.7 Å². The van der Waals surface area contributed by atoms with Crippen LogP contribution in [0.4, 0.5) is 16.4 Å². The number of aliphatic hydroxyl groups is 1. The number of aliphatic hydroxyl groups excluding tert-OH is 1. The van der Waals surface area contributed by atoms with Gasteiger partial charge in [-0.05, 0) is 81.2 Å². The number of phosphoric acid groups is 3. The van der Waals surface area contributed by atoms with Crippen LogP contribution in [0.3, 0.4) is 0 Å². The number of amides is 2. The van der Waals surface area contributed by atoms with E-state index in [1.807, 2.05) is 0 Å². The number of nitrogens with zero attached hydrogens (tertiary/aromatic N) is 5. The second kappa shape index (κ2) is 24.4. The molecule has 11 rings (SSSR count). The molecule has 37 heteroatoms. The number of unbranched alkanes of at least 4 members (excludes halogenated alkanes) is 2. The Kier molecular flexibility index (Phi) is 17.5. The first-order valence-electron chi connectivity index (χ1n) is 27.8. The van der Waals surface area contributed by atoms with Crippen molar-refractivity contribution in [3.63, 3.8) is 0 Å². The van der Waals surface area contributed by atoms with Gasteiger partial charge >= 0.3 is 29.6 Å². The fraction of sp³-hybridized carbons (Fsp3) is 0.480. The number of rotatable bonds is 22. The van der Waals surface area contributed by atoms with E-state index in [2.05, 4.69) is 65.1 Å². The molecular formula is C50H62N10O22P3S2+. The molecule has 32 nitrogen and oxygen atoms in total. The first-order valence-corrected chi connectivity index (χ1v) is 35.2. The molecule has 0 saturated carbocycles. The van der Waals surface area contributed by atoms with Gasteiger partial charge in [-0.15, -0.1) is 0 Å². The van der Waals surface area contributed by atoms with Gasteiger partial charge in [0.2, 0.25) is 27.2 Å². The number of benzene rings is 3. The Bertz CT molecular complexity index is 4210. The minimum atomic E-state index is -5.94. The summed E-state index contributed by atoms with van der Waals surface area (Å²) in [6.45, 7) is 2.00. The van der Waals surface area contributed by atoms with Gasteiger partial charge in [0.15, 0.2) is 23.5 Å². The average molecular weight is 1310 g/mol. The highest BCUT2D eigenvalue weighted by atomic mass is 32.2. The van der Waals surface area contributed by atoms with Gasteiger partial charge in [0.05, 0.1) is 23.4 Å². The topological polar surface area (TPSA) is 462 Å². The molecule has 1 saturated heterocycles. The van der Waals surface area contributed by atoms with Gasteiger partial charge < -0.3 is 60.2 Å². The van der Waals surface area contributed by atoms with Crippen molar-refractivity contribution >= 4 is 84.0 Å². The summed E-state index contributed by atoms with van der Waals surface area (Å²) in [4.78, 5) is 87.0. The maximum Gasteiger partial charge on any atom is 0.490 e. The number of nitrogens with one attached hydrogen (secondary N) is 4. The Morgan fingerprint density at radius 2 is 1.57 bits per heavy atom. The van der Waals surface area contributed by atoms with E-state index in [9.17, 15) is 64.4 Å². The third-order valence-corrected chi connectivity index (χ3v) is 21.8. The van der Waals surface area contributed by atoms with Gasteiger partial charge in [-0.2, -0.15) is 22.0 Å². The van der Waals surface area contributed by atoms with Gasteiger partial charge in [-0.1, -0.05) is 12.5 Å². The van der Waals surface area contributed by atoms with Crippen LogP contribution < -0.4 is 51.4 Å². The zero-order valence-electron chi connectivity index (χ0n) is 46.1. The molecule has 2 aromatic heterocycles. The average Bonchev–Trinajstić information content (AvgIpc) is 1.47. The number of H-pyrrole nitrogens is 1. The Morgan fingerprint density at radius 3 is 2.33 bits per heavy atom. The number of aromatic amines is 1. The quantitative estimate of drug-likeness (QED) is 0.0193. The molecule has 0 spiro atoms. The summed E-state index contributed by atoms with van der Waals surface area (Å²) in [5, 5.41) is 18.1. The number of fused-ring (bicyclic) bond motifs is 5. The van der Waals surface area contributed by atoms with Crippen LogP contribution in [0, 0.1) is 0 Å². The Morgan fingerprint density at radius 1 is 0.851 bits per heavy atom. The number of aryl methyl sites for hydroxylation is 2. The van der Waals surface area contributed by atoms with E-state index in [0.29, 0.717) is 40.7 Å². The number of nitrogens with two attached hydrogens (primary N) is 1. The van der Waals surface area contributed by atoms with E-state index in [0.717, 1.165) is 128 Å². The SMILES string of the molecule is Nc1nc2c(ncn2C2O[C@H](COP(=O)(O)OP(=O)(O)OP(=O)(O)O)[C@@H](OC(=O)NCCNC(=O)CCCCCNS(=O)(=O)c3ccc(C4=c5cc6c7c(c5Oc5c4cc4c8c5CCCN8CCC4)CCC[N+]=7CCC6)c(S(=O)(=O)O)c3)[C@H]2O)c(=O)[nH]1. The summed E-state index contributed by atoms with van der Waals surface area (Å²) in [7, 11) is -26.8. The minimum absolute atomic E-state index is 0.0167. The van der Waals surface area contributed by atoms with Crippen molar-refractivity contribution in [1.29, 1.82) is 0 Å². The largest absolute Gasteiger partial charge is 0.490 e. The van der Waals surface area contributed by atoms with Crippen molar-refractivity contribution in [1.82, 2.24) is 39.5 Å². The van der Waals surface area contributed by atoms with Crippen LogP contribution in [-0.4, -0.2) is 148 Å². The maximum atomic E-state index is 13.9. The molecule has 8 heterocycles. The van der Waals surface area contributed by atoms with Crippen LogP contribution in [0.25, 0.3) is 16.7 Å². The minimum Gasteiger partial charge on any atom is -0.455 e. The summed E-state index contributed by atoms with van der Waals surface area (Å²) >= 11 is 0. The van der Waals surface area contributed by atoms with Crippen molar-refractivity contribution in [2.24, 2.45) is 0 Å². The van der Waals surface area contributed by atoms with E-state index < -0.39 is 97.2 Å². The van der Waals surface area contributed by atoms with Gasteiger partial charge in [-0.3, -0.25) is 28.2 Å². The summed E-state index contributed by atoms with van der Waals surface area (Å²) in [6, 6.07) is 7.92. The first-order chi connectivity index (χ1) is 41.1. The van der Waals surface area contributed by atoms with Gasteiger partial charge in [0.25, 0.3) is 15.7 Å². The smallest absolute Gasteiger partial charge is 0.455 e. The number of nitrogen functional groups attached to an aromatic ring is 1. The van der Waals surface area contributed by atoms with Crippen molar-refractivity contribution in [2.75, 3.05) is 63.1 Å². The number of hydrogen-bond acceptors (Lipinski definition) is 21. The van der Waals surface area contributed by atoms with E-state index in [-0.39, 0.29) is 60.0 Å². The van der Waals surface area contributed by atoms with Crippen LogP contribution in [0.5, 0.6) is 11.5 Å². The van der Waals surface area contributed by atoms with Crippen LogP contribution in [0.2, 0.25) is 0 Å². The number of carbonyl (C=O) groups excluding carboxylic acids is 2. The molecule has 0 aliphatic carbocycles. The molecular weight excluding hydrogens is 1250 g/mol. The number of hydrogen-bond donors (Lipinski definition) is 11. The monoisotopic (exact) mass is 1310 g/mol. The Labute approximate surface area is 495 Å². The van der Waals surface area contributed by atoms with Crippen LogP contribution >= 0.6 is 23.5 Å². The fourth-order valence-corrected chi connectivity index (χ4v) is 17.1. The lowest BCUT2D eigenvalue weighted by Gasteiger charge is -2.39. The molecule has 5 aromatic rings. The fourth-order valence-electron chi connectivity index (χ4n) is 12.2. The van der Waals surface area contributed by atoms with Crippen LogP contribution in [0.15, 0.2) is 51.2 Å². The molecule has 6 aliphatic rings. The van der Waals surface area contributed by atoms with Gasteiger partial charge in [0, 0.05) is 90.7 Å². The molecule has 0 bridgehead atoms. The summed E-state index contributed by atoms with van der Waals surface area (Å²) in [6.07, 6.45) is 0.469. The van der Waals surface area contributed by atoms with E-state index >= 15 is 0 Å². The number of ether oxygens (including phenoxy) is 3. The normalized spacial score (nSPS) is 21.2. The highest BCUT2D eigenvalue weighted by Crippen LogP contribution is 2.66. The number of carbonyl (C=O) groups is 2. The number of aromatic nitrogens is 4. The molecule has 0 radical (unpaired) electrons. The lowest BCUT2D eigenvalue weighted by molar-refractivity contribution is -0.121. The lowest BCUT2D eigenvalue weighted by atomic mass is 9.82. The zero-order chi connectivity index (χ0) is 62.0. The van der Waals surface area contributed by atoms with Crippen molar-refractivity contribution in [2.45, 2.75) is 111 Å². The standard InChI is InChI=1S/C50H61N10O22P3S2/c51-49-56-46-39(47(63)57-49)54-26-60(46)48-42(62)45(35(78-48)25-77-84(68,69)82-85(70,71)81-83(65,66)67)80-50(64)53-17-16-52-37(61)12-2-1-3-15-55-86(72,73)29-13-14-30(36(24-29)87(74,75)76)38-33-22-27-8-4-18-58-20-6-10-31(40(27)58)43(33)79-44-32-11-7-21-59-19-5-9-28(41(32)59)23-34(38)44/h13-14,22-24,26,35,42,45,48,55,62H,1-12,15-21,25H2,(H9-,51,52,53,56,57,61,63,64,65,66,67,68,69,70,71,74,75,76)/p+1/t35-,42-,45-,48?/m1/s1. The first kappa shape index (κ1) is 62.6. The lowest BCUT2D eigenvalue weighted by Crippen LogP contribution is -2.45. The molecule has 3 unspecified atom stereocenters. The number of sulfonamides is 1. The second-order valence-electron chi connectivity index (χ2n) is 21.6. The molecule has 3 aromatic carbocycles. The number of phosphoric ester groups is 1. The second-order valence-corrected chi connectivity index (χ2v) is 29.1. The molecule has 12 N–H and O–H groups in total. The molecule has 1 fully saturated rings. The molecule has 2 amide bonds. The Hall–Kier alpha value is -6.03. The highest BCUT2D eigenvalue weighted by Gasteiger charge is 2.50. The van der Waals surface area contributed by atoms with E-state index in [1.54, 1.807) is 0 Å². The third kappa shape index (κ3) is 13.3. The number of alkyl carbamates (subject to hydrolysis) is 1.